The Balaban J connectivity index is 2.26. The Morgan fingerprint density at radius 2 is 1.85 bits per heavy atom. The van der Waals surface area contributed by atoms with Gasteiger partial charge in [0.25, 0.3) is 5.91 Å². The van der Waals surface area contributed by atoms with Crippen molar-refractivity contribution < 1.29 is 29.2 Å². The van der Waals surface area contributed by atoms with Gasteiger partial charge in [0, 0.05) is 22.9 Å². The number of aromatic hydroxyl groups is 1. The van der Waals surface area contributed by atoms with Gasteiger partial charge in [-0.15, -0.1) is 0 Å². The van der Waals surface area contributed by atoms with E-state index in [1.165, 1.54) is 45.9 Å². The van der Waals surface area contributed by atoms with Gasteiger partial charge in [0.15, 0.2) is 11.5 Å². The van der Waals surface area contributed by atoms with Crippen molar-refractivity contribution in [2.75, 3.05) is 21.3 Å². The molecule has 0 spiro atoms. The highest BCUT2D eigenvalue weighted by molar-refractivity contribution is 5.96. The van der Waals surface area contributed by atoms with E-state index in [-0.39, 0.29) is 23.5 Å². The van der Waals surface area contributed by atoms with E-state index in [4.69, 9.17) is 14.2 Å². The lowest BCUT2D eigenvalue weighted by Gasteiger charge is -2.13. The normalized spacial score (nSPS) is 10.7. The van der Waals surface area contributed by atoms with E-state index in [0.29, 0.717) is 28.5 Å². The van der Waals surface area contributed by atoms with Gasteiger partial charge in [-0.25, -0.2) is 5.43 Å². The average molecular weight is 375 g/mol. The van der Waals surface area contributed by atoms with Crippen LogP contribution in [0.2, 0.25) is 0 Å². The molecule has 0 fully saturated rings. The molecule has 0 aliphatic heterocycles. The molecule has 2 aromatic rings. The van der Waals surface area contributed by atoms with Gasteiger partial charge in [0.05, 0.1) is 39.8 Å². The van der Waals surface area contributed by atoms with E-state index in [2.05, 4.69) is 15.5 Å². The van der Waals surface area contributed by atoms with Gasteiger partial charge in [-0.3, -0.25) is 9.78 Å². The monoisotopic (exact) mass is 375 g/mol. The number of pyridine rings is 1. The van der Waals surface area contributed by atoms with E-state index in [9.17, 15) is 15.0 Å². The molecule has 2 rings (SSSR count). The molecule has 1 aromatic carbocycles. The second-order valence-corrected chi connectivity index (χ2v) is 5.40. The van der Waals surface area contributed by atoms with Crippen LogP contribution in [-0.2, 0) is 6.61 Å². The Labute approximate surface area is 156 Å². The van der Waals surface area contributed by atoms with E-state index < -0.39 is 5.91 Å². The van der Waals surface area contributed by atoms with Crippen molar-refractivity contribution in [3.8, 4) is 23.0 Å². The van der Waals surface area contributed by atoms with Crippen molar-refractivity contribution in [2.24, 2.45) is 5.10 Å². The fourth-order valence-electron chi connectivity index (χ4n) is 2.35. The van der Waals surface area contributed by atoms with Crippen LogP contribution in [-0.4, -0.2) is 48.6 Å². The summed E-state index contributed by atoms with van der Waals surface area (Å²) in [4.78, 5) is 16.3. The van der Waals surface area contributed by atoms with Crippen LogP contribution in [0.1, 0.15) is 27.2 Å². The lowest BCUT2D eigenvalue weighted by molar-refractivity contribution is 0.0954. The van der Waals surface area contributed by atoms with Gasteiger partial charge in [0.1, 0.15) is 5.75 Å². The van der Waals surface area contributed by atoms with E-state index >= 15 is 0 Å². The molecule has 27 heavy (non-hydrogen) atoms. The number of aromatic nitrogens is 1. The topological polar surface area (TPSA) is 123 Å². The molecule has 0 radical (unpaired) electrons. The summed E-state index contributed by atoms with van der Waals surface area (Å²) >= 11 is 0. The molecule has 0 bridgehead atoms. The van der Waals surface area contributed by atoms with Gasteiger partial charge >= 0.3 is 0 Å². The molecule has 9 nitrogen and oxygen atoms in total. The first-order valence-corrected chi connectivity index (χ1v) is 7.88. The van der Waals surface area contributed by atoms with Crippen LogP contribution in [0.5, 0.6) is 23.0 Å². The molecule has 1 amide bonds. The molecular weight excluding hydrogens is 354 g/mol. The summed E-state index contributed by atoms with van der Waals surface area (Å²) in [6.07, 6.45) is 2.67. The van der Waals surface area contributed by atoms with Crippen LogP contribution in [0.4, 0.5) is 0 Å². The largest absolute Gasteiger partial charge is 0.505 e. The maximum absolute atomic E-state index is 12.4. The minimum Gasteiger partial charge on any atom is -0.505 e. The highest BCUT2D eigenvalue weighted by Crippen LogP contribution is 2.38. The Kier molecular flexibility index (Phi) is 6.56. The second kappa shape index (κ2) is 8.86. The summed E-state index contributed by atoms with van der Waals surface area (Å²) in [5.41, 5.74) is 3.62. The number of aliphatic hydroxyl groups excluding tert-OH is 1. The summed E-state index contributed by atoms with van der Waals surface area (Å²) in [7, 11) is 4.36. The molecule has 0 unspecified atom stereocenters. The average Bonchev–Trinajstić information content (AvgIpc) is 2.69. The van der Waals surface area contributed by atoms with Crippen LogP contribution >= 0.6 is 0 Å². The number of rotatable bonds is 7. The number of carbonyl (C=O) groups excluding carboxylic acids is 1. The summed E-state index contributed by atoms with van der Waals surface area (Å²) < 4.78 is 15.6. The van der Waals surface area contributed by atoms with E-state index in [1.807, 2.05) is 0 Å². The second-order valence-electron chi connectivity index (χ2n) is 5.40. The lowest BCUT2D eigenvalue weighted by atomic mass is 10.1. The third-order valence-corrected chi connectivity index (χ3v) is 3.81. The third-order valence-electron chi connectivity index (χ3n) is 3.81. The maximum Gasteiger partial charge on any atom is 0.271 e. The third kappa shape index (κ3) is 4.26. The number of nitrogens with zero attached hydrogens (tertiary/aromatic N) is 2. The number of hydrogen-bond donors (Lipinski definition) is 3. The zero-order valence-electron chi connectivity index (χ0n) is 15.4. The molecule has 3 N–H and O–H groups in total. The quantitative estimate of drug-likeness (QED) is 0.493. The fourth-order valence-corrected chi connectivity index (χ4v) is 2.35. The van der Waals surface area contributed by atoms with Gasteiger partial charge in [-0.05, 0) is 19.1 Å². The predicted molar refractivity (Wildman–Crippen MR) is 97.7 cm³/mol. The zero-order chi connectivity index (χ0) is 20.0. The maximum atomic E-state index is 12.4. The molecule has 0 aliphatic rings. The Morgan fingerprint density at radius 3 is 2.37 bits per heavy atom. The van der Waals surface area contributed by atoms with E-state index in [1.54, 1.807) is 6.92 Å². The number of benzene rings is 1. The van der Waals surface area contributed by atoms with E-state index in [0.717, 1.165) is 0 Å². The molecule has 9 heteroatoms. The van der Waals surface area contributed by atoms with Crippen LogP contribution in [0.15, 0.2) is 23.4 Å². The summed E-state index contributed by atoms with van der Waals surface area (Å²) in [6.45, 7) is 1.28. The number of aryl methyl sites for hydroxylation is 1. The Hall–Kier alpha value is -3.33. The van der Waals surface area contributed by atoms with Crippen molar-refractivity contribution in [3.05, 3.63) is 40.7 Å². The Morgan fingerprint density at radius 1 is 1.22 bits per heavy atom. The summed E-state index contributed by atoms with van der Waals surface area (Å²) in [5, 5.41) is 23.3. The highest BCUT2D eigenvalue weighted by Gasteiger charge is 2.17. The standard InChI is InChI=1S/C18H21N3O6/c1-10-16(23)13(12(9-22)7-19-10)8-20-21-18(24)11-5-14(25-2)17(27-4)15(6-11)26-3/h5-8,22-23H,9H2,1-4H3,(H,21,24). The van der Waals surface area contributed by atoms with Crippen molar-refractivity contribution in [2.45, 2.75) is 13.5 Å². The van der Waals surface area contributed by atoms with Crippen LogP contribution in [0.25, 0.3) is 0 Å². The van der Waals surface area contributed by atoms with Crippen molar-refractivity contribution >= 4 is 12.1 Å². The molecule has 0 atom stereocenters. The minimum atomic E-state index is -0.527. The minimum absolute atomic E-state index is 0.118. The number of carbonyl (C=O) groups is 1. The van der Waals surface area contributed by atoms with Crippen LogP contribution in [0, 0.1) is 6.92 Å². The number of ether oxygens (including phenoxy) is 3. The first kappa shape index (κ1) is 20.0. The van der Waals surface area contributed by atoms with Gasteiger partial charge in [0.2, 0.25) is 5.75 Å². The lowest BCUT2D eigenvalue weighted by Crippen LogP contribution is -2.18. The number of hydrogen-bond acceptors (Lipinski definition) is 8. The molecule has 144 valence electrons. The van der Waals surface area contributed by atoms with Crippen molar-refractivity contribution in [1.82, 2.24) is 10.4 Å². The number of amides is 1. The van der Waals surface area contributed by atoms with Crippen LogP contribution in [0.3, 0.4) is 0 Å². The number of aliphatic hydroxyl groups is 1. The summed E-state index contributed by atoms with van der Waals surface area (Å²) in [6, 6.07) is 2.97. The highest BCUT2D eigenvalue weighted by atomic mass is 16.5. The summed E-state index contributed by atoms with van der Waals surface area (Å²) in [5.74, 6) is 0.380. The smallest absolute Gasteiger partial charge is 0.271 e. The number of nitrogens with one attached hydrogen (secondary N) is 1. The van der Waals surface area contributed by atoms with Crippen LogP contribution < -0.4 is 19.6 Å². The van der Waals surface area contributed by atoms with Gasteiger partial charge in [-0.2, -0.15) is 5.10 Å². The van der Waals surface area contributed by atoms with Crippen molar-refractivity contribution in [1.29, 1.82) is 0 Å². The molecule has 1 aromatic heterocycles. The molecule has 1 heterocycles. The molecule has 0 aliphatic carbocycles. The molecule has 0 saturated carbocycles. The molecule has 0 saturated heterocycles. The SMILES string of the molecule is COc1cc(C(=O)NN=Cc2c(CO)cnc(C)c2O)cc(OC)c1OC. The number of hydrazone groups is 1. The zero-order valence-corrected chi connectivity index (χ0v) is 15.4. The number of methoxy groups -OCH3 is 3. The first-order chi connectivity index (χ1) is 13.0. The van der Waals surface area contributed by atoms with Crippen molar-refractivity contribution in [3.63, 3.8) is 0 Å². The Bertz CT molecular complexity index is 841. The first-order valence-electron chi connectivity index (χ1n) is 7.88. The van der Waals surface area contributed by atoms with Gasteiger partial charge in [-0.1, -0.05) is 0 Å². The fraction of sp³-hybridized carbons (Fsp3) is 0.278. The van der Waals surface area contributed by atoms with Gasteiger partial charge < -0.3 is 24.4 Å². The predicted octanol–water partition coefficient (Wildman–Crippen LogP) is 1.38. The molecular formula is C18H21N3O6.